The van der Waals surface area contributed by atoms with Crippen LogP contribution in [0.2, 0.25) is 0 Å². The third kappa shape index (κ3) is 2.64. The predicted molar refractivity (Wildman–Crippen MR) is 75.9 cm³/mol. The lowest BCUT2D eigenvalue weighted by Gasteiger charge is -2.08. The fourth-order valence-corrected chi connectivity index (χ4v) is 3.03. The van der Waals surface area contributed by atoms with Gasteiger partial charge in [-0.2, -0.15) is 0 Å². The van der Waals surface area contributed by atoms with Gasteiger partial charge in [-0.1, -0.05) is 0 Å². The lowest BCUT2D eigenvalue weighted by Crippen LogP contribution is -2.13. The molecule has 0 fully saturated rings. The van der Waals surface area contributed by atoms with Gasteiger partial charge in [0.1, 0.15) is 5.52 Å². The first-order valence-corrected chi connectivity index (χ1v) is 7.68. The molecule has 5 nitrogen and oxygen atoms in total. The summed E-state index contributed by atoms with van der Waals surface area (Å²) >= 11 is 0. The van der Waals surface area contributed by atoms with Gasteiger partial charge in [-0.3, -0.25) is 4.72 Å². The van der Waals surface area contributed by atoms with Crippen LogP contribution < -0.4 is 4.72 Å². The van der Waals surface area contributed by atoms with Crippen LogP contribution in [-0.4, -0.2) is 13.4 Å². The zero-order valence-electron chi connectivity index (χ0n) is 11.3. The first kappa shape index (κ1) is 14.5. The summed E-state index contributed by atoms with van der Waals surface area (Å²) in [4.78, 5) is 3.99. The number of hydrogen-bond acceptors (Lipinski definition) is 4. The summed E-state index contributed by atoms with van der Waals surface area (Å²) in [5.74, 6) is -1.77. The van der Waals surface area contributed by atoms with Crippen molar-refractivity contribution in [2.24, 2.45) is 0 Å². The molecule has 1 aromatic heterocycles. The van der Waals surface area contributed by atoms with Crippen molar-refractivity contribution in [3.63, 3.8) is 0 Å². The van der Waals surface area contributed by atoms with Crippen LogP contribution in [0.3, 0.4) is 0 Å². The van der Waals surface area contributed by atoms with Gasteiger partial charge in [-0.15, -0.1) is 0 Å². The van der Waals surface area contributed by atoms with E-state index in [4.69, 9.17) is 4.42 Å². The molecule has 0 unspecified atom stereocenters. The maximum Gasteiger partial charge on any atom is 0.261 e. The Hall–Kier alpha value is -2.48. The molecule has 1 N–H and O–H groups in total. The molecule has 0 saturated heterocycles. The van der Waals surface area contributed by atoms with Gasteiger partial charge in [0.25, 0.3) is 10.0 Å². The summed E-state index contributed by atoms with van der Waals surface area (Å²) in [7, 11) is -3.95. The van der Waals surface area contributed by atoms with E-state index in [1.54, 1.807) is 6.92 Å². The van der Waals surface area contributed by atoms with Crippen LogP contribution in [0.1, 0.15) is 5.89 Å². The van der Waals surface area contributed by atoms with Gasteiger partial charge >= 0.3 is 0 Å². The van der Waals surface area contributed by atoms with Crippen molar-refractivity contribution < 1.29 is 21.6 Å². The van der Waals surface area contributed by atoms with E-state index in [2.05, 4.69) is 9.71 Å². The summed E-state index contributed by atoms with van der Waals surface area (Å²) in [6.07, 6.45) is 0. The van der Waals surface area contributed by atoms with E-state index < -0.39 is 21.7 Å². The Kier molecular flexibility index (Phi) is 3.32. The normalized spacial score (nSPS) is 11.8. The van der Waals surface area contributed by atoms with Crippen LogP contribution in [-0.2, 0) is 10.0 Å². The van der Waals surface area contributed by atoms with E-state index >= 15 is 0 Å². The van der Waals surface area contributed by atoms with Crippen molar-refractivity contribution in [2.75, 3.05) is 4.72 Å². The molecule has 0 atom stereocenters. The standard InChI is InChI=1S/C14H10F2N2O3S/c1-8-17-13-7-10(3-5-14(13)21-8)22(19,20)18-9-2-4-11(15)12(16)6-9/h2-7,18H,1H3. The second-order valence-corrected chi connectivity index (χ2v) is 6.28. The Morgan fingerprint density at radius 3 is 2.59 bits per heavy atom. The maximum absolute atomic E-state index is 13.1. The quantitative estimate of drug-likeness (QED) is 0.803. The number of rotatable bonds is 3. The molecule has 0 radical (unpaired) electrons. The highest BCUT2D eigenvalue weighted by atomic mass is 32.2. The van der Waals surface area contributed by atoms with Crippen molar-refractivity contribution in [3.8, 4) is 0 Å². The molecule has 3 aromatic rings. The fraction of sp³-hybridized carbons (Fsp3) is 0.0714. The summed E-state index contributed by atoms with van der Waals surface area (Å²) in [6.45, 7) is 1.65. The van der Waals surface area contributed by atoms with Crippen molar-refractivity contribution in [1.29, 1.82) is 0 Å². The van der Waals surface area contributed by atoms with Gasteiger partial charge < -0.3 is 4.42 Å². The number of fused-ring (bicyclic) bond motifs is 1. The third-order valence-corrected chi connectivity index (χ3v) is 4.33. The molecule has 0 aliphatic rings. The molecular weight excluding hydrogens is 314 g/mol. The van der Waals surface area contributed by atoms with Gasteiger partial charge in [-0.25, -0.2) is 22.2 Å². The average Bonchev–Trinajstić information content (AvgIpc) is 2.81. The number of halogens is 2. The Labute approximate surface area is 124 Å². The first-order chi connectivity index (χ1) is 10.3. The highest BCUT2D eigenvalue weighted by molar-refractivity contribution is 7.92. The van der Waals surface area contributed by atoms with Crippen LogP contribution in [0.25, 0.3) is 11.1 Å². The Bertz CT molecular complexity index is 967. The molecule has 0 amide bonds. The van der Waals surface area contributed by atoms with Crippen LogP contribution in [0.15, 0.2) is 45.7 Å². The number of anilines is 1. The van der Waals surface area contributed by atoms with E-state index in [0.29, 0.717) is 17.0 Å². The number of aryl methyl sites for hydroxylation is 1. The summed E-state index contributed by atoms with van der Waals surface area (Å²) in [5.41, 5.74) is 0.783. The predicted octanol–water partition coefficient (Wildman–Crippen LogP) is 3.22. The zero-order chi connectivity index (χ0) is 15.9. The topological polar surface area (TPSA) is 72.2 Å². The number of oxazole rings is 1. The molecule has 0 aliphatic heterocycles. The van der Waals surface area contributed by atoms with E-state index in [-0.39, 0.29) is 10.6 Å². The monoisotopic (exact) mass is 324 g/mol. The molecule has 3 rings (SSSR count). The molecule has 0 saturated carbocycles. The van der Waals surface area contributed by atoms with Crippen LogP contribution in [0.5, 0.6) is 0 Å². The second-order valence-electron chi connectivity index (χ2n) is 4.60. The third-order valence-electron chi connectivity index (χ3n) is 2.95. The Morgan fingerprint density at radius 1 is 1.09 bits per heavy atom. The van der Waals surface area contributed by atoms with Crippen LogP contribution in [0.4, 0.5) is 14.5 Å². The summed E-state index contributed by atoms with van der Waals surface area (Å²) < 4.78 is 58.0. The lowest BCUT2D eigenvalue weighted by atomic mass is 10.3. The van der Waals surface area contributed by atoms with Crippen molar-refractivity contribution >= 4 is 26.8 Å². The van der Waals surface area contributed by atoms with Crippen molar-refractivity contribution in [2.45, 2.75) is 11.8 Å². The highest BCUT2D eigenvalue weighted by Gasteiger charge is 2.17. The average molecular weight is 324 g/mol. The van der Waals surface area contributed by atoms with Gasteiger partial charge in [0.05, 0.1) is 10.6 Å². The molecular formula is C14H10F2N2O3S. The van der Waals surface area contributed by atoms with Gasteiger partial charge in [0, 0.05) is 13.0 Å². The minimum absolute atomic E-state index is 0.0574. The SMILES string of the molecule is Cc1nc2cc(S(=O)(=O)Nc3ccc(F)c(F)c3)ccc2o1. The number of aromatic nitrogens is 1. The number of nitrogens with zero attached hydrogens (tertiary/aromatic N) is 1. The molecule has 114 valence electrons. The minimum atomic E-state index is -3.95. The summed E-state index contributed by atoms with van der Waals surface area (Å²) in [5, 5.41) is 0. The van der Waals surface area contributed by atoms with Crippen LogP contribution in [0, 0.1) is 18.6 Å². The Morgan fingerprint density at radius 2 is 1.86 bits per heavy atom. The Balaban J connectivity index is 1.98. The van der Waals surface area contributed by atoms with Crippen molar-refractivity contribution in [1.82, 2.24) is 4.98 Å². The largest absolute Gasteiger partial charge is 0.441 e. The molecule has 0 spiro atoms. The van der Waals surface area contributed by atoms with E-state index in [1.165, 1.54) is 18.2 Å². The lowest BCUT2D eigenvalue weighted by molar-refractivity contribution is 0.509. The van der Waals surface area contributed by atoms with E-state index in [0.717, 1.165) is 18.2 Å². The fourth-order valence-electron chi connectivity index (χ4n) is 1.96. The number of hydrogen-bond donors (Lipinski definition) is 1. The number of sulfonamides is 1. The second kappa shape index (κ2) is 5.06. The van der Waals surface area contributed by atoms with E-state index in [9.17, 15) is 17.2 Å². The van der Waals surface area contributed by atoms with Crippen LogP contribution >= 0.6 is 0 Å². The highest BCUT2D eigenvalue weighted by Crippen LogP contribution is 2.22. The molecule has 1 heterocycles. The van der Waals surface area contributed by atoms with Crippen molar-refractivity contribution in [3.05, 3.63) is 53.9 Å². The first-order valence-electron chi connectivity index (χ1n) is 6.20. The van der Waals surface area contributed by atoms with Gasteiger partial charge in [0.2, 0.25) is 0 Å². The number of nitrogens with one attached hydrogen (secondary N) is 1. The van der Waals surface area contributed by atoms with Gasteiger partial charge in [-0.05, 0) is 30.3 Å². The molecule has 2 aromatic carbocycles. The zero-order valence-corrected chi connectivity index (χ0v) is 12.1. The summed E-state index contributed by atoms with van der Waals surface area (Å²) in [6, 6.07) is 6.91. The van der Waals surface area contributed by atoms with E-state index in [1.807, 2.05) is 0 Å². The molecule has 22 heavy (non-hydrogen) atoms. The van der Waals surface area contributed by atoms with Gasteiger partial charge in [0.15, 0.2) is 23.1 Å². The molecule has 0 bridgehead atoms. The molecule has 8 heteroatoms. The number of benzene rings is 2. The smallest absolute Gasteiger partial charge is 0.261 e. The maximum atomic E-state index is 13.1. The molecule has 0 aliphatic carbocycles. The minimum Gasteiger partial charge on any atom is -0.441 e.